The van der Waals surface area contributed by atoms with E-state index in [0.29, 0.717) is 12.3 Å². The Morgan fingerprint density at radius 1 is 1.17 bits per heavy atom. The maximum atomic E-state index is 5.91. The Bertz CT molecular complexity index is 620. The van der Waals surface area contributed by atoms with Gasteiger partial charge in [-0.25, -0.2) is 0 Å². The molecule has 1 fully saturated rings. The first-order valence-corrected chi connectivity index (χ1v) is 8.57. The molecule has 0 spiro atoms. The predicted octanol–water partition coefficient (Wildman–Crippen LogP) is 3.01. The molecule has 1 saturated heterocycles. The zero-order valence-electron chi connectivity index (χ0n) is 13.7. The van der Waals surface area contributed by atoms with Crippen molar-refractivity contribution < 1.29 is 4.52 Å². The van der Waals surface area contributed by atoms with E-state index in [9.17, 15) is 0 Å². The summed E-state index contributed by atoms with van der Waals surface area (Å²) in [5, 5.41) is 4.86. The van der Waals surface area contributed by atoms with Crippen LogP contribution in [-0.2, 0) is 6.42 Å². The Labute approximate surface area is 142 Å². The number of piperazine rings is 1. The summed E-state index contributed by atoms with van der Waals surface area (Å²) in [4.78, 5) is 9.45. The second-order valence-electron chi connectivity index (χ2n) is 6.00. The fraction of sp³-hybridized carbons (Fsp3) is 0.529. The monoisotopic (exact) mass is 334 g/mol. The quantitative estimate of drug-likeness (QED) is 0.841. The molecule has 1 aliphatic heterocycles. The fourth-order valence-corrected chi connectivity index (χ4v) is 3.04. The molecular formula is C17H23ClN4O. The summed E-state index contributed by atoms with van der Waals surface area (Å²) in [5.74, 6) is 1.43. The number of hydrogen-bond donors (Lipinski definition) is 0. The third-order valence-corrected chi connectivity index (χ3v) is 4.77. The Kier molecular flexibility index (Phi) is 5.30. The first-order valence-electron chi connectivity index (χ1n) is 8.19. The van der Waals surface area contributed by atoms with Crippen molar-refractivity contribution in [1.29, 1.82) is 0 Å². The SMILES string of the molecule is CCN1CCN(C(C)c2nc(Cc3ccc(Cl)cc3)no2)CC1. The maximum absolute atomic E-state index is 5.91. The summed E-state index contributed by atoms with van der Waals surface area (Å²) in [6.45, 7) is 9.77. The Balaban J connectivity index is 1.61. The van der Waals surface area contributed by atoms with Crippen molar-refractivity contribution in [2.75, 3.05) is 32.7 Å². The van der Waals surface area contributed by atoms with Gasteiger partial charge in [0.1, 0.15) is 0 Å². The lowest BCUT2D eigenvalue weighted by Crippen LogP contribution is -2.46. The van der Waals surface area contributed by atoms with Gasteiger partial charge >= 0.3 is 0 Å². The number of likely N-dealkylation sites (N-methyl/N-ethyl adjacent to an activating group) is 1. The van der Waals surface area contributed by atoms with E-state index in [-0.39, 0.29) is 6.04 Å². The van der Waals surface area contributed by atoms with E-state index in [1.807, 2.05) is 24.3 Å². The second kappa shape index (κ2) is 7.43. The summed E-state index contributed by atoms with van der Waals surface area (Å²) in [5.41, 5.74) is 1.13. The zero-order valence-corrected chi connectivity index (χ0v) is 14.5. The first kappa shape index (κ1) is 16.4. The highest BCUT2D eigenvalue weighted by Crippen LogP contribution is 2.21. The Morgan fingerprint density at radius 3 is 2.52 bits per heavy atom. The second-order valence-corrected chi connectivity index (χ2v) is 6.43. The molecular weight excluding hydrogens is 312 g/mol. The normalized spacial score (nSPS) is 18.2. The topological polar surface area (TPSA) is 45.4 Å². The van der Waals surface area contributed by atoms with E-state index in [4.69, 9.17) is 16.1 Å². The smallest absolute Gasteiger partial charge is 0.243 e. The number of hydrogen-bond acceptors (Lipinski definition) is 5. The molecule has 5 nitrogen and oxygen atoms in total. The van der Waals surface area contributed by atoms with E-state index >= 15 is 0 Å². The lowest BCUT2D eigenvalue weighted by atomic mass is 10.1. The van der Waals surface area contributed by atoms with Crippen molar-refractivity contribution in [3.63, 3.8) is 0 Å². The van der Waals surface area contributed by atoms with Crippen LogP contribution in [0.4, 0.5) is 0 Å². The van der Waals surface area contributed by atoms with Gasteiger partial charge in [0.05, 0.1) is 6.04 Å². The van der Waals surface area contributed by atoms with Crippen molar-refractivity contribution >= 4 is 11.6 Å². The highest BCUT2D eigenvalue weighted by atomic mass is 35.5. The van der Waals surface area contributed by atoms with Gasteiger partial charge in [0.2, 0.25) is 5.89 Å². The van der Waals surface area contributed by atoms with Gasteiger partial charge in [-0.2, -0.15) is 4.98 Å². The number of aromatic nitrogens is 2. The van der Waals surface area contributed by atoms with Crippen molar-refractivity contribution in [3.05, 3.63) is 46.6 Å². The summed E-state index contributed by atoms with van der Waals surface area (Å²) in [6, 6.07) is 7.92. The Hall–Kier alpha value is -1.43. The van der Waals surface area contributed by atoms with Crippen LogP contribution in [-0.4, -0.2) is 52.7 Å². The lowest BCUT2D eigenvalue weighted by molar-refractivity contribution is 0.0914. The van der Waals surface area contributed by atoms with Gasteiger partial charge in [0.15, 0.2) is 5.82 Å². The Morgan fingerprint density at radius 2 is 1.87 bits per heavy atom. The molecule has 3 rings (SSSR count). The van der Waals surface area contributed by atoms with Crippen LogP contribution in [0.3, 0.4) is 0 Å². The summed E-state index contributed by atoms with van der Waals surface area (Å²) < 4.78 is 5.49. The van der Waals surface area contributed by atoms with Crippen LogP contribution in [0.25, 0.3) is 0 Å². The van der Waals surface area contributed by atoms with Crippen molar-refractivity contribution in [2.24, 2.45) is 0 Å². The van der Waals surface area contributed by atoms with Crippen molar-refractivity contribution in [2.45, 2.75) is 26.3 Å². The van der Waals surface area contributed by atoms with Crippen molar-refractivity contribution in [3.8, 4) is 0 Å². The molecule has 1 aromatic heterocycles. The van der Waals surface area contributed by atoms with E-state index in [2.05, 4.69) is 33.8 Å². The van der Waals surface area contributed by atoms with Crippen LogP contribution < -0.4 is 0 Å². The van der Waals surface area contributed by atoms with Crippen LogP contribution >= 0.6 is 11.6 Å². The van der Waals surface area contributed by atoms with E-state index < -0.39 is 0 Å². The molecule has 1 aromatic carbocycles. The van der Waals surface area contributed by atoms with Gasteiger partial charge < -0.3 is 9.42 Å². The zero-order chi connectivity index (χ0) is 16.2. The molecule has 124 valence electrons. The fourth-order valence-electron chi connectivity index (χ4n) is 2.92. The van der Waals surface area contributed by atoms with Gasteiger partial charge in [-0.3, -0.25) is 4.90 Å². The maximum Gasteiger partial charge on any atom is 0.243 e. The number of halogens is 1. The molecule has 0 saturated carbocycles. The van der Waals surface area contributed by atoms with Gasteiger partial charge in [0, 0.05) is 37.6 Å². The van der Waals surface area contributed by atoms with E-state index in [1.165, 1.54) is 0 Å². The molecule has 6 heteroatoms. The van der Waals surface area contributed by atoms with Crippen LogP contribution in [0, 0.1) is 0 Å². The minimum absolute atomic E-state index is 0.167. The molecule has 0 bridgehead atoms. The molecule has 1 unspecified atom stereocenters. The average Bonchev–Trinajstić information content (AvgIpc) is 3.05. The van der Waals surface area contributed by atoms with Crippen LogP contribution in [0.5, 0.6) is 0 Å². The molecule has 0 radical (unpaired) electrons. The average molecular weight is 335 g/mol. The molecule has 0 aliphatic carbocycles. The molecule has 0 N–H and O–H groups in total. The summed E-state index contributed by atoms with van der Waals surface area (Å²) >= 11 is 5.91. The van der Waals surface area contributed by atoms with E-state index in [1.54, 1.807) is 0 Å². The predicted molar refractivity (Wildman–Crippen MR) is 90.7 cm³/mol. The highest BCUT2D eigenvalue weighted by molar-refractivity contribution is 6.30. The van der Waals surface area contributed by atoms with Gasteiger partial charge in [0.25, 0.3) is 0 Å². The molecule has 2 heterocycles. The van der Waals surface area contributed by atoms with Gasteiger partial charge in [-0.05, 0) is 31.2 Å². The molecule has 23 heavy (non-hydrogen) atoms. The minimum Gasteiger partial charge on any atom is -0.338 e. The standard InChI is InChI=1S/C17H23ClN4O/c1-3-21-8-10-22(11-9-21)13(2)17-19-16(20-23-17)12-14-4-6-15(18)7-5-14/h4-7,13H,3,8-12H2,1-2H3. The number of nitrogens with zero attached hydrogens (tertiary/aromatic N) is 4. The van der Waals surface area contributed by atoms with Crippen LogP contribution in [0.2, 0.25) is 5.02 Å². The molecule has 1 atom stereocenters. The molecule has 2 aromatic rings. The minimum atomic E-state index is 0.167. The largest absolute Gasteiger partial charge is 0.338 e. The van der Waals surface area contributed by atoms with Crippen LogP contribution in [0.15, 0.2) is 28.8 Å². The van der Waals surface area contributed by atoms with Gasteiger partial charge in [-0.15, -0.1) is 0 Å². The number of benzene rings is 1. The highest BCUT2D eigenvalue weighted by Gasteiger charge is 2.25. The third-order valence-electron chi connectivity index (χ3n) is 4.52. The third kappa shape index (κ3) is 4.10. The molecule has 0 amide bonds. The molecule has 1 aliphatic rings. The van der Waals surface area contributed by atoms with Gasteiger partial charge in [-0.1, -0.05) is 35.8 Å². The lowest BCUT2D eigenvalue weighted by Gasteiger charge is -2.36. The first-order chi connectivity index (χ1) is 11.2. The summed E-state index contributed by atoms with van der Waals surface area (Å²) in [6.07, 6.45) is 0.664. The van der Waals surface area contributed by atoms with Crippen LogP contribution in [0.1, 0.15) is 37.2 Å². The van der Waals surface area contributed by atoms with E-state index in [0.717, 1.165) is 49.1 Å². The number of rotatable bonds is 5. The van der Waals surface area contributed by atoms with Crippen molar-refractivity contribution in [1.82, 2.24) is 19.9 Å². The summed E-state index contributed by atoms with van der Waals surface area (Å²) in [7, 11) is 0.